The molecular weight excluding hydrogens is 380 g/mol. The lowest BCUT2D eigenvalue weighted by Gasteiger charge is -2.12. The summed E-state index contributed by atoms with van der Waals surface area (Å²) in [7, 11) is 5.92. The molecule has 2 aromatic carbocycles. The Bertz CT molecular complexity index is 985. The Balaban J connectivity index is 1.81. The largest absolute Gasteiger partial charge is 0.456 e. The minimum Gasteiger partial charge on any atom is -0.456 e. The van der Waals surface area contributed by atoms with E-state index < -0.39 is 6.61 Å². The predicted molar refractivity (Wildman–Crippen MR) is 105 cm³/mol. The van der Waals surface area contributed by atoms with Crippen molar-refractivity contribution in [1.82, 2.24) is 14.5 Å². The average molecular weight is 401 g/mol. The summed E-state index contributed by atoms with van der Waals surface area (Å²) in [5.41, 5.74) is 2.13. The number of rotatable bonds is 8. The molecule has 0 N–H and O–H groups in total. The van der Waals surface area contributed by atoms with Gasteiger partial charge in [-0.3, -0.25) is 4.79 Å². The lowest BCUT2D eigenvalue weighted by atomic mass is 10.1. The SMILES string of the molecule is CN(C)Cc1ncc(-c2ccc(Oc3cc(OC(F)F)ccc3C=O)cc2)n1C. The molecule has 0 atom stereocenters. The summed E-state index contributed by atoms with van der Waals surface area (Å²) in [5.74, 6) is 1.46. The van der Waals surface area contributed by atoms with Crippen molar-refractivity contribution in [2.24, 2.45) is 7.05 Å². The topological polar surface area (TPSA) is 56.6 Å². The van der Waals surface area contributed by atoms with E-state index in [0.29, 0.717) is 12.0 Å². The van der Waals surface area contributed by atoms with Crippen molar-refractivity contribution in [1.29, 1.82) is 0 Å². The van der Waals surface area contributed by atoms with E-state index in [2.05, 4.69) is 9.72 Å². The van der Waals surface area contributed by atoms with Crippen LogP contribution in [-0.2, 0) is 13.6 Å². The fraction of sp³-hybridized carbons (Fsp3) is 0.238. The Kier molecular flexibility index (Phi) is 6.23. The quantitative estimate of drug-likeness (QED) is 0.525. The molecule has 0 aliphatic heterocycles. The number of benzene rings is 2. The van der Waals surface area contributed by atoms with Crippen LogP contribution < -0.4 is 9.47 Å². The predicted octanol–water partition coefficient (Wildman–Crippen LogP) is 4.35. The van der Waals surface area contributed by atoms with Crippen molar-refractivity contribution in [3.05, 3.63) is 60.0 Å². The molecule has 0 fully saturated rings. The summed E-state index contributed by atoms with van der Waals surface area (Å²) >= 11 is 0. The monoisotopic (exact) mass is 401 g/mol. The third kappa shape index (κ3) is 4.97. The third-order valence-corrected chi connectivity index (χ3v) is 4.26. The highest BCUT2D eigenvalue weighted by molar-refractivity contribution is 5.80. The van der Waals surface area contributed by atoms with Gasteiger partial charge in [0.15, 0.2) is 6.29 Å². The van der Waals surface area contributed by atoms with Crippen molar-refractivity contribution in [3.63, 3.8) is 0 Å². The average Bonchev–Trinajstić information content (AvgIpc) is 3.02. The van der Waals surface area contributed by atoms with Gasteiger partial charge in [0.25, 0.3) is 0 Å². The minimum absolute atomic E-state index is 0.0828. The molecule has 0 radical (unpaired) electrons. The first-order chi connectivity index (χ1) is 13.9. The molecule has 0 spiro atoms. The zero-order valence-corrected chi connectivity index (χ0v) is 16.3. The van der Waals surface area contributed by atoms with Crippen LogP contribution in [0.15, 0.2) is 48.7 Å². The van der Waals surface area contributed by atoms with Gasteiger partial charge < -0.3 is 18.9 Å². The summed E-state index contributed by atoms with van der Waals surface area (Å²) in [6.45, 7) is -2.23. The number of aromatic nitrogens is 2. The molecule has 1 heterocycles. The molecular formula is C21H21F2N3O3. The highest BCUT2D eigenvalue weighted by atomic mass is 19.3. The molecule has 29 heavy (non-hydrogen) atoms. The highest BCUT2D eigenvalue weighted by Crippen LogP contribution is 2.31. The van der Waals surface area contributed by atoms with E-state index in [1.165, 1.54) is 18.2 Å². The van der Waals surface area contributed by atoms with Crippen LogP contribution in [0.4, 0.5) is 8.78 Å². The summed E-state index contributed by atoms with van der Waals surface area (Å²) in [6.07, 6.45) is 2.40. The molecule has 0 aliphatic rings. The van der Waals surface area contributed by atoms with Crippen LogP contribution in [0.25, 0.3) is 11.3 Å². The van der Waals surface area contributed by atoms with Crippen molar-refractivity contribution < 1.29 is 23.0 Å². The van der Waals surface area contributed by atoms with Gasteiger partial charge in [-0.1, -0.05) is 0 Å². The van der Waals surface area contributed by atoms with Gasteiger partial charge in [-0.05, 0) is 50.5 Å². The first kappa shape index (κ1) is 20.5. The van der Waals surface area contributed by atoms with E-state index in [1.54, 1.807) is 12.1 Å². The smallest absolute Gasteiger partial charge is 0.387 e. The second kappa shape index (κ2) is 8.83. The Hall–Kier alpha value is -3.26. The molecule has 6 nitrogen and oxygen atoms in total. The van der Waals surface area contributed by atoms with Gasteiger partial charge in [-0.15, -0.1) is 0 Å². The summed E-state index contributed by atoms with van der Waals surface area (Å²) < 4.78 is 37.0. The first-order valence-corrected chi connectivity index (χ1v) is 8.85. The van der Waals surface area contributed by atoms with Crippen molar-refractivity contribution >= 4 is 6.29 Å². The van der Waals surface area contributed by atoms with Crippen LogP contribution in [-0.4, -0.2) is 41.4 Å². The maximum Gasteiger partial charge on any atom is 0.387 e. The van der Waals surface area contributed by atoms with Crippen LogP contribution in [0.2, 0.25) is 0 Å². The Morgan fingerprint density at radius 3 is 2.45 bits per heavy atom. The van der Waals surface area contributed by atoms with Gasteiger partial charge >= 0.3 is 6.61 Å². The third-order valence-electron chi connectivity index (χ3n) is 4.26. The number of halogens is 2. The van der Waals surface area contributed by atoms with Crippen molar-refractivity contribution in [2.75, 3.05) is 14.1 Å². The number of hydrogen-bond acceptors (Lipinski definition) is 5. The molecule has 0 saturated carbocycles. The number of hydrogen-bond donors (Lipinski definition) is 0. The molecule has 3 rings (SSSR count). The normalized spacial score (nSPS) is 11.1. The summed E-state index contributed by atoms with van der Waals surface area (Å²) in [6, 6.07) is 11.1. The minimum atomic E-state index is -2.96. The Labute approximate surface area is 167 Å². The van der Waals surface area contributed by atoms with Gasteiger partial charge in [0, 0.05) is 18.7 Å². The second-order valence-corrected chi connectivity index (χ2v) is 6.68. The lowest BCUT2D eigenvalue weighted by Crippen LogP contribution is -2.14. The van der Waals surface area contributed by atoms with Crippen molar-refractivity contribution in [3.8, 4) is 28.5 Å². The van der Waals surface area contributed by atoms with Crippen LogP contribution in [0.1, 0.15) is 16.2 Å². The molecule has 0 saturated heterocycles. The fourth-order valence-corrected chi connectivity index (χ4v) is 2.84. The summed E-state index contributed by atoms with van der Waals surface area (Å²) in [5, 5.41) is 0. The Morgan fingerprint density at radius 1 is 1.14 bits per heavy atom. The van der Waals surface area contributed by atoms with Crippen LogP contribution in [0.3, 0.4) is 0 Å². The van der Waals surface area contributed by atoms with E-state index in [9.17, 15) is 13.6 Å². The molecule has 0 bridgehead atoms. The van der Waals surface area contributed by atoms with E-state index in [-0.39, 0.29) is 17.1 Å². The Morgan fingerprint density at radius 2 is 1.83 bits per heavy atom. The number of ether oxygens (including phenoxy) is 2. The van der Waals surface area contributed by atoms with Crippen LogP contribution in [0, 0.1) is 0 Å². The maximum absolute atomic E-state index is 12.4. The molecule has 3 aromatic rings. The number of carbonyl (C=O) groups is 1. The molecule has 0 amide bonds. The molecule has 0 unspecified atom stereocenters. The highest BCUT2D eigenvalue weighted by Gasteiger charge is 2.12. The van der Waals surface area contributed by atoms with Gasteiger partial charge in [-0.25, -0.2) is 4.98 Å². The number of imidazole rings is 1. The number of carbonyl (C=O) groups excluding carboxylic acids is 1. The van der Waals surface area contributed by atoms with E-state index in [4.69, 9.17) is 4.74 Å². The number of alkyl halides is 2. The first-order valence-electron chi connectivity index (χ1n) is 8.85. The maximum atomic E-state index is 12.4. The van der Waals surface area contributed by atoms with Gasteiger partial charge in [0.05, 0.1) is 24.0 Å². The zero-order valence-electron chi connectivity index (χ0n) is 16.3. The van der Waals surface area contributed by atoms with Crippen LogP contribution in [0.5, 0.6) is 17.2 Å². The molecule has 1 aromatic heterocycles. The fourth-order valence-electron chi connectivity index (χ4n) is 2.84. The van der Waals surface area contributed by atoms with E-state index in [1.807, 2.05) is 48.9 Å². The molecule has 8 heteroatoms. The lowest BCUT2D eigenvalue weighted by molar-refractivity contribution is -0.0499. The molecule has 0 aliphatic carbocycles. The van der Waals surface area contributed by atoms with E-state index >= 15 is 0 Å². The van der Waals surface area contributed by atoms with Gasteiger partial charge in [-0.2, -0.15) is 8.78 Å². The van der Waals surface area contributed by atoms with Crippen LogP contribution >= 0.6 is 0 Å². The van der Waals surface area contributed by atoms with Gasteiger partial charge in [0.1, 0.15) is 23.1 Å². The van der Waals surface area contributed by atoms with Gasteiger partial charge in [0.2, 0.25) is 0 Å². The zero-order chi connectivity index (χ0) is 21.0. The molecule has 152 valence electrons. The van der Waals surface area contributed by atoms with Crippen molar-refractivity contribution in [2.45, 2.75) is 13.2 Å². The summed E-state index contributed by atoms with van der Waals surface area (Å²) in [4.78, 5) is 17.7. The number of aldehydes is 1. The number of nitrogens with zero attached hydrogens (tertiary/aromatic N) is 3. The second-order valence-electron chi connectivity index (χ2n) is 6.68. The van der Waals surface area contributed by atoms with E-state index in [0.717, 1.165) is 23.6 Å². The standard InChI is InChI=1S/C21H21F2N3O3/c1-25(2)12-20-24-11-18(26(20)3)14-4-7-16(8-5-14)28-19-10-17(29-21(22)23)9-6-15(19)13-27/h4-11,13,21H,12H2,1-3H3.